The summed E-state index contributed by atoms with van der Waals surface area (Å²) in [5.41, 5.74) is 1.32. The summed E-state index contributed by atoms with van der Waals surface area (Å²) < 4.78 is 1.07. The molecule has 1 N–H and O–H groups in total. The lowest BCUT2D eigenvalue weighted by Crippen LogP contribution is -2.32. The van der Waals surface area contributed by atoms with Crippen LogP contribution in [0, 0.1) is 5.92 Å². The van der Waals surface area contributed by atoms with Gasteiger partial charge in [0.15, 0.2) is 0 Å². The molecule has 0 aromatic carbocycles. The molecule has 0 spiro atoms. The van der Waals surface area contributed by atoms with E-state index in [9.17, 15) is 0 Å². The van der Waals surface area contributed by atoms with Crippen molar-refractivity contribution in [3.63, 3.8) is 0 Å². The second kappa shape index (κ2) is 5.08. The van der Waals surface area contributed by atoms with Gasteiger partial charge in [0, 0.05) is 22.9 Å². The molecule has 2 nitrogen and oxygen atoms in total. The van der Waals surface area contributed by atoms with E-state index in [0.717, 1.165) is 16.9 Å². The van der Waals surface area contributed by atoms with E-state index < -0.39 is 0 Å². The molecule has 0 amide bonds. The monoisotopic (exact) mass is 268 g/mol. The first-order chi connectivity index (χ1) is 7.31. The molecule has 1 fully saturated rings. The Morgan fingerprint density at radius 3 is 2.87 bits per heavy atom. The number of aromatic nitrogens is 1. The Balaban J connectivity index is 2.15. The highest BCUT2D eigenvalue weighted by Gasteiger charge is 2.27. The van der Waals surface area contributed by atoms with Crippen molar-refractivity contribution in [1.82, 2.24) is 10.3 Å². The second-order valence-corrected chi connectivity index (χ2v) is 5.08. The number of nitrogens with one attached hydrogen (secondary N) is 1. The van der Waals surface area contributed by atoms with Gasteiger partial charge in [-0.05, 0) is 52.9 Å². The lowest BCUT2D eigenvalue weighted by Gasteiger charge is -2.34. The van der Waals surface area contributed by atoms with Crippen molar-refractivity contribution in [3.8, 4) is 0 Å². The van der Waals surface area contributed by atoms with Crippen LogP contribution in [0.3, 0.4) is 0 Å². The molecule has 1 atom stereocenters. The van der Waals surface area contributed by atoms with Crippen LogP contribution in [0.5, 0.6) is 0 Å². The number of halogens is 1. The first-order valence-electron chi connectivity index (χ1n) is 5.65. The minimum Gasteiger partial charge on any atom is -0.310 e. The average Bonchev–Trinajstić information content (AvgIpc) is 2.14. The Bertz CT molecular complexity index is 323. The average molecular weight is 269 g/mol. The van der Waals surface area contributed by atoms with Gasteiger partial charge in [0.1, 0.15) is 0 Å². The lowest BCUT2D eigenvalue weighted by molar-refractivity contribution is 0.233. The Kier molecular flexibility index (Phi) is 3.76. The molecule has 0 radical (unpaired) electrons. The maximum absolute atomic E-state index is 4.24. The zero-order chi connectivity index (χ0) is 10.7. The van der Waals surface area contributed by atoms with E-state index >= 15 is 0 Å². The summed E-state index contributed by atoms with van der Waals surface area (Å²) in [7, 11) is 0. The van der Waals surface area contributed by atoms with Gasteiger partial charge < -0.3 is 5.32 Å². The van der Waals surface area contributed by atoms with Gasteiger partial charge in [-0.1, -0.05) is 13.3 Å². The van der Waals surface area contributed by atoms with E-state index in [4.69, 9.17) is 0 Å². The zero-order valence-electron chi connectivity index (χ0n) is 9.04. The molecule has 1 aromatic heterocycles. The molecular weight excluding hydrogens is 252 g/mol. The number of hydrogen-bond acceptors (Lipinski definition) is 2. The number of rotatable bonds is 4. The molecule has 0 bridgehead atoms. The second-order valence-electron chi connectivity index (χ2n) is 4.16. The van der Waals surface area contributed by atoms with Crippen molar-refractivity contribution in [2.24, 2.45) is 5.92 Å². The van der Waals surface area contributed by atoms with Crippen molar-refractivity contribution in [1.29, 1.82) is 0 Å². The third-order valence-corrected chi connectivity index (χ3v) is 3.56. The van der Waals surface area contributed by atoms with Crippen LogP contribution in [0.25, 0.3) is 0 Å². The Morgan fingerprint density at radius 2 is 2.33 bits per heavy atom. The molecule has 1 aromatic rings. The third-order valence-electron chi connectivity index (χ3n) is 3.13. The molecule has 0 aliphatic heterocycles. The van der Waals surface area contributed by atoms with Crippen LogP contribution in [0.15, 0.2) is 22.9 Å². The Labute approximate surface area is 99.6 Å². The van der Waals surface area contributed by atoms with Crippen molar-refractivity contribution in [2.45, 2.75) is 32.2 Å². The van der Waals surface area contributed by atoms with Gasteiger partial charge in [-0.15, -0.1) is 0 Å². The molecule has 82 valence electrons. The molecule has 2 rings (SSSR count). The lowest BCUT2D eigenvalue weighted by atomic mass is 9.77. The number of hydrogen-bond donors (Lipinski definition) is 1. The highest BCUT2D eigenvalue weighted by atomic mass is 79.9. The molecule has 1 aliphatic rings. The molecule has 1 heterocycles. The maximum Gasteiger partial charge on any atom is 0.0410 e. The van der Waals surface area contributed by atoms with E-state index in [0.29, 0.717) is 6.04 Å². The standard InChI is InChI=1S/C12H17BrN2/c1-2-15-12(9-4-3-5-9)10-6-11(13)8-14-7-10/h6-9,12,15H,2-5H2,1H3. The molecule has 3 heteroatoms. The summed E-state index contributed by atoms with van der Waals surface area (Å²) in [4.78, 5) is 4.24. The van der Waals surface area contributed by atoms with Crippen molar-refractivity contribution >= 4 is 15.9 Å². The Morgan fingerprint density at radius 1 is 1.53 bits per heavy atom. The van der Waals surface area contributed by atoms with E-state index in [-0.39, 0.29) is 0 Å². The SMILES string of the molecule is CCNC(c1cncc(Br)c1)C1CCC1. The molecule has 1 aliphatic carbocycles. The summed E-state index contributed by atoms with van der Waals surface area (Å²) in [6.07, 6.45) is 7.91. The molecule has 1 saturated carbocycles. The summed E-state index contributed by atoms with van der Waals surface area (Å²) in [6, 6.07) is 2.67. The fraction of sp³-hybridized carbons (Fsp3) is 0.583. The van der Waals surface area contributed by atoms with Gasteiger partial charge in [-0.25, -0.2) is 0 Å². The van der Waals surface area contributed by atoms with Crippen molar-refractivity contribution in [2.75, 3.05) is 6.54 Å². The van der Waals surface area contributed by atoms with Gasteiger partial charge in [-0.3, -0.25) is 4.98 Å². The molecule has 15 heavy (non-hydrogen) atoms. The molecule has 0 saturated heterocycles. The van der Waals surface area contributed by atoms with Gasteiger partial charge in [-0.2, -0.15) is 0 Å². The van der Waals surface area contributed by atoms with Crippen LogP contribution in [-0.4, -0.2) is 11.5 Å². The van der Waals surface area contributed by atoms with Crippen LogP contribution in [0.4, 0.5) is 0 Å². The van der Waals surface area contributed by atoms with E-state index in [1.165, 1.54) is 24.8 Å². The summed E-state index contributed by atoms with van der Waals surface area (Å²) in [5.74, 6) is 0.807. The minimum absolute atomic E-state index is 0.494. The first-order valence-corrected chi connectivity index (χ1v) is 6.44. The Hall–Kier alpha value is -0.410. The first kappa shape index (κ1) is 11.1. The van der Waals surface area contributed by atoms with Crippen molar-refractivity contribution < 1.29 is 0 Å². The minimum atomic E-state index is 0.494. The van der Waals surface area contributed by atoms with Crippen LogP contribution >= 0.6 is 15.9 Å². The van der Waals surface area contributed by atoms with Gasteiger partial charge in [0.25, 0.3) is 0 Å². The predicted molar refractivity (Wildman–Crippen MR) is 65.7 cm³/mol. The summed E-state index contributed by atoms with van der Waals surface area (Å²) in [6.45, 7) is 3.19. The fourth-order valence-electron chi connectivity index (χ4n) is 2.15. The van der Waals surface area contributed by atoms with Gasteiger partial charge in [0.05, 0.1) is 0 Å². The number of pyridine rings is 1. The van der Waals surface area contributed by atoms with Crippen molar-refractivity contribution in [3.05, 3.63) is 28.5 Å². The maximum atomic E-state index is 4.24. The third kappa shape index (κ3) is 2.58. The highest BCUT2D eigenvalue weighted by molar-refractivity contribution is 9.10. The normalized spacial score (nSPS) is 18.5. The zero-order valence-corrected chi connectivity index (χ0v) is 10.6. The van der Waals surface area contributed by atoms with Crippen LogP contribution in [0.1, 0.15) is 37.8 Å². The highest BCUT2D eigenvalue weighted by Crippen LogP contribution is 2.37. The molecule has 1 unspecified atom stereocenters. The quantitative estimate of drug-likeness (QED) is 0.907. The molecular formula is C12H17BrN2. The van der Waals surface area contributed by atoms with Gasteiger partial charge in [0.2, 0.25) is 0 Å². The summed E-state index contributed by atoms with van der Waals surface area (Å²) >= 11 is 3.48. The van der Waals surface area contributed by atoms with Crippen LogP contribution in [0.2, 0.25) is 0 Å². The topological polar surface area (TPSA) is 24.9 Å². The van der Waals surface area contributed by atoms with Crippen LogP contribution < -0.4 is 5.32 Å². The number of nitrogens with zero attached hydrogens (tertiary/aromatic N) is 1. The van der Waals surface area contributed by atoms with E-state index in [2.05, 4.69) is 39.2 Å². The largest absolute Gasteiger partial charge is 0.310 e. The van der Waals surface area contributed by atoms with Crippen LogP contribution in [-0.2, 0) is 0 Å². The predicted octanol–water partition coefficient (Wildman–Crippen LogP) is 3.29. The summed E-state index contributed by atoms with van der Waals surface area (Å²) in [5, 5.41) is 3.57. The smallest absolute Gasteiger partial charge is 0.0410 e. The van der Waals surface area contributed by atoms with E-state index in [1.807, 2.05) is 12.4 Å². The van der Waals surface area contributed by atoms with E-state index in [1.54, 1.807) is 0 Å². The fourth-order valence-corrected chi connectivity index (χ4v) is 2.53. The van der Waals surface area contributed by atoms with Gasteiger partial charge >= 0.3 is 0 Å².